The summed E-state index contributed by atoms with van der Waals surface area (Å²) in [7, 11) is 0. The summed E-state index contributed by atoms with van der Waals surface area (Å²) in [5, 5.41) is 11.3. The first kappa shape index (κ1) is 14.6. The lowest BCUT2D eigenvalue weighted by Crippen LogP contribution is -2.15. The number of aromatic carboxylic acids is 1. The lowest BCUT2D eigenvalue weighted by Gasteiger charge is -2.08. The molecule has 2 rings (SSSR count). The fourth-order valence-corrected chi connectivity index (χ4v) is 1.72. The first-order chi connectivity index (χ1) is 9.90. The molecule has 0 aliphatic carbocycles. The number of anilines is 1. The summed E-state index contributed by atoms with van der Waals surface area (Å²) in [6.45, 7) is 1.60. The van der Waals surface area contributed by atoms with Gasteiger partial charge in [-0.25, -0.2) is 14.2 Å². The molecule has 1 amide bonds. The largest absolute Gasteiger partial charge is 0.478 e. The van der Waals surface area contributed by atoms with Crippen LogP contribution in [0.4, 0.5) is 14.5 Å². The predicted molar refractivity (Wildman–Crippen MR) is 70.2 cm³/mol. The van der Waals surface area contributed by atoms with Crippen molar-refractivity contribution in [2.45, 2.75) is 6.92 Å². The molecule has 0 spiro atoms. The van der Waals surface area contributed by atoms with Crippen LogP contribution in [0, 0.1) is 18.7 Å². The fourth-order valence-electron chi connectivity index (χ4n) is 1.72. The number of aryl methyl sites for hydroxylation is 1. The number of nitrogens with zero attached hydrogens (tertiary/aromatic N) is 1. The fraction of sp³-hybridized carbons (Fsp3) is 0.0714. The van der Waals surface area contributed by atoms with Crippen molar-refractivity contribution in [2.75, 3.05) is 5.32 Å². The summed E-state index contributed by atoms with van der Waals surface area (Å²) in [6.07, 6.45) is 0.963. The van der Waals surface area contributed by atoms with Crippen molar-refractivity contribution in [3.05, 3.63) is 58.9 Å². The first-order valence-electron chi connectivity index (χ1n) is 5.85. The highest BCUT2D eigenvalue weighted by atomic mass is 19.2. The van der Waals surface area contributed by atoms with E-state index < -0.39 is 29.2 Å². The number of carboxylic acids is 1. The second kappa shape index (κ2) is 5.66. The van der Waals surface area contributed by atoms with Gasteiger partial charge in [-0.1, -0.05) is 6.07 Å². The van der Waals surface area contributed by atoms with Crippen LogP contribution in [-0.4, -0.2) is 22.0 Å². The second-order valence-corrected chi connectivity index (χ2v) is 4.25. The van der Waals surface area contributed by atoms with Gasteiger partial charge < -0.3 is 10.4 Å². The van der Waals surface area contributed by atoms with E-state index in [0.29, 0.717) is 5.56 Å². The molecule has 108 valence electrons. The van der Waals surface area contributed by atoms with Crippen molar-refractivity contribution in [3.63, 3.8) is 0 Å². The molecule has 5 nitrogen and oxygen atoms in total. The molecule has 0 aliphatic rings. The number of hydrogen-bond acceptors (Lipinski definition) is 3. The average Bonchev–Trinajstić information content (AvgIpc) is 2.43. The molecule has 0 atom stereocenters. The van der Waals surface area contributed by atoms with Crippen molar-refractivity contribution in [1.29, 1.82) is 0 Å². The van der Waals surface area contributed by atoms with Crippen molar-refractivity contribution in [1.82, 2.24) is 4.98 Å². The third kappa shape index (κ3) is 3.02. The van der Waals surface area contributed by atoms with Crippen molar-refractivity contribution in [3.8, 4) is 0 Å². The van der Waals surface area contributed by atoms with E-state index in [4.69, 9.17) is 5.11 Å². The molecule has 1 aromatic carbocycles. The predicted octanol–water partition coefficient (Wildman–Crippen LogP) is 2.62. The smallest absolute Gasteiger partial charge is 0.336 e. The molecule has 21 heavy (non-hydrogen) atoms. The maximum Gasteiger partial charge on any atom is 0.336 e. The van der Waals surface area contributed by atoms with Crippen LogP contribution >= 0.6 is 0 Å². The summed E-state index contributed by atoms with van der Waals surface area (Å²) >= 11 is 0. The Morgan fingerprint density at radius 2 is 1.90 bits per heavy atom. The standard InChI is InChI=1S/C14H10F2N2O3/c1-7-2-3-8(6-10(7)14(20)21)18-13(19)9-4-5-17-12(16)11(9)15/h2-6H,1H3,(H,18,19)(H,20,21). The zero-order chi connectivity index (χ0) is 15.6. The number of amides is 1. The van der Waals surface area contributed by atoms with Gasteiger partial charge in [-0.15, -0.1) is 0 Å². The van der Waals surface area contributed by atoms with Gasteiger partial charge in [0.25, 0.3) is 5.91 Å². The number of hydrogen-bond donors (Lipinski definition) is 2. The Bertz CT molecular complexity index is 732. The molecule has 0 saturated carbocycles. The van der Waals surface area contributed by atoms with Gasteiger partial charge in [0.2, 0.25) is 5.95 Å². The van der Waals surface area contributed by atoms with Gasteiger partial charge in [0, 0.05) is 11.9 Å². The van der Waals surface area contributed by atoms with Crippen LogP contribution in [0.1, 0.15) is 26.3 Å². The number of rotatable bonds is 3. The molecule has 0 saturated heterocycles. The van der Waals surface area contributed by atoms with E-state index in [2.05, 4.69) is 10.3 Å². The molecule has 0 radical (unpaired) electrons. The molecule has 0 unspecified atom stereocenters. The third-order valence-corrected chi connectivity index (χ3v) is 2.82. The summed E-state index contributed by atoms with van der Waals surface area (Å²) in [6, 6.07) is 5.24. The highest BCUT2D eigenvalue weighted by molar-refractivity contribution is 6.05. The number of carboxylic acid groups (broad SMARTS) is 1. The Labute approximate surface area is 118 Å². The van der Waals surface area contributed by atoms with E-state index >= 15 is 0 Å². The number of pyridine rings is 1. The van der Waals surface area contributed by atoms with Gasteiger partial charge in [0.1, 0.15) is 0 Å². The lowest BCUT2D eigenvalue weighted by molar-refractivity contribution is 0.0695. The maximum atomic E-state index is 13.4. The topological polar surface area (TPSA) is 79.3 Å². The Morgan fingerprint density at radius 3 is 2.57 bits per heavy atom. The Hall–Kier alpha value is -2.83. The van der Waals surface area contributed by atoms with Crippen molar-refractivity contribution >= 4 is 17.6 Å². The molecular formula is C14H10F2N2O3. The van der Waals surface area contributed by atoms with E-state index in [9.17, 15) is 18.4 Å². The van der Waals surface area contributed by atoms with Crippen LogP contribution < -0.4 is 5.32 Å². The van der Waals surface area contributed by atoms with Gasteiger partial charge in [-0.3, -0.25) is 4.79 Å². The molecule has 0 fully saturated rings. The zero-order valence-corrected chi connectivity index (χ0v) is 10.9. The number of carbonyl (C=O) groups is 2. The number of nitrogens with one attached hydrogen (secondary N) is 1. The van der Waals surface area contributed by atoms with Gasteiger partial charge >= 0.3 is 5.97 Å². The molecule has 7 heteroatoms. The van der Waals surface area contributed by atoms with Crippen molar-refractivity contribution < 1.29 is 23.5 Å². The molecule has 0 aliphatic heterocycles. The van der Waals surface area contributed by atoms with Gasteiger partial charge in [0.05, 0.1) is 11.1 Å². The van der Waals surface area contributed by atoms with E-state index in [1.165, 1.54) is 18.2 Å². The summed E-state index contributed by atoms with van der Waals surface area (Å²) in [4.78, 5) is 25.9. The summed E-state index contributed by atoms with van der Waals surface area (Å²) < 4.78 is 26.4. The highest BCUT2D eigenvalue weighted by Crippen LogP contribution is 2.17. The molecule has 0 bridgehead atoms. The summed E-state index contributed by atoms with van der Waals surface area (Å²) in [5.41, 5.74) is 0.176. The maximum absolute atomic E-state index is 13.4. The van der Waals surface area contributed by atoms with Gasteiger partial charge in [0.15, 0.2) is 5.82 Å². The van der Waals surface area contributed by atoms with Crippen LogP contribution in [0.25, 0.3) is 0 Å². The van der Waals surface area contributed by atoms with Crippen LogP contribution in [0.2, 0.25) is 0 Å². The normalized spacial score (nSPS) is 10.2. The summed E-state index contributed by atoms with van der Waals surface area (Å²) in [5.74, 6) is -4.78. The van der Waals surface area contributed by atoms with Crippen molar-refractivity contribution in [2.24, 2.45) is 0 Å². The highest BCUT2D eigenvalue weighted by Gasteiger charge is 2.17. The molecular weight excluding hydrogens is 282 g/mol. The average molecular weight is 292 g/mol. The Balaban J connectivity index is 2.30. The quantitative estimate of drug-likeness (QED) is 0.852. The minimum atomic E-state index is -1.38. The molecule has 1 heterocycles. The number of carbonyl (C=O) groups excluding carboxylic acids is 1. The van der Waals surface area contributed by atoms with Crippen LogP contribution in [-0.2, 0) is 0 Å². The SMILES string of the molecule is Cc1ccc(NC(=O)c2ccnc(F)c2F)cc1C(=O)O. The third-order valence-electron chi connectivity index (χ3n) is 2.82. The molecule has 2 aromatic rings. The Kier molecular flexibility index (Phi) is 3.93. The monoisotopic (exact) mass is 292 g/mol. The van der Waals surface area contributed by atoms with Crippen LogP contribution in [0.3, 0.4) is 0 Å². The second-order valence-electron chi connectivity index (χ2n) is 4.25. The minimum absolute atomic E-state index is 0.00850. The lowest BCUT2D eigenvalue weighted by atomic mass is 10.1. The van der Waals surface area contributed by atoms with E-state index in [-0.39, 0.29) is 11.3 Å². The molecule has 1 aromatic heterocycles. The number of aromatic nitrogens is 1. The molecule has 2 N–H and O–H groups in total. The van der Waals surface area contributed by atoms with Crippen LogP contribution in [0.15, 0.2) is 30.5 Å². The van der Waals surface area contributed by atoms with Crippen LogP contribution in [0.5, 0.6) is 0 Å². The van der Waals surface area contributed by atoms with Gasteiger partial charge in [-0.05, 0) is 30.7 Å². The Morgan fingerprint density at radius 1 is 1.19 bits per heavy atom. The minimum Gasteiger partial charge on any atom is -0.478 e. The van der Waals surface area contributed by atoms with E-state index in [1.54, 1.807) is 6.92 Å². The first-order valence-corrected chi connectivity index (χ1v) is 5.85. The number of halogens is 2. The number of benzene rings is 1. The van der Waals surface area contributed by atoms with E-state index in [1.807, 2.05) is 0 Å². The van der Waals surface area contributed by atoms with Gasteiger partial charge in [-0.2, -0.15) is 4.39 Å². The zero-order valence-electron chi connectivity index (χ0n) is 10.9. The van der Waals surface area contributed by atoms with E-state index in [0.717, 1.165) is 12.3 Å².